The van der Waals surface area contributed by atoms with Crippen LogP contribution in [0.5, 0.6) is 0 Å². The summed E-state index contributed by atoms with van der Waals surface area (Å²) >= 11 is 1.05. The molecule has 0 saturated heterocycles. The van der Waals surface area contributed by atoms with E-state index in [0.29, 0.717) is 29.1 Å². The van der Waals surface area contributed by atoms with E-state index in [9.17, 15) is 22.8 Å². The topological polar surface area (TPSA) is 84.2 Å². The smallest absolute Gasteiger partial charge is 0.433 e. The van der Waals surface area contributed by atoms with Gasteiger partial charge in [-0.3, -0.25) is 14.3 Å². The van der Waals surface area contributed by atoms with Crippen molar-refractivity contribution in [1.29, 1.82) is 0 Å². The Kier molecular flexibility index (Phi) is 5.83. The molecule has 0 aliphatic heterocycles. The van der Waals surface area contributed by atoms with Gasteiger partial charge >= 0.3 is 12.1 Å². The molecule has 0 aliphatic rings. The van der Waals surface area contributed by atoms with Gasteiger partial charge < -0.3 is 10.4 Å². The largest absolute Gasteiger partial charge is 0.481 e. The third-order valence-electron chi connectivity index (χ3n) is 3.36. The number of thiophene rings is 1. The lowest BCUT2D eigenvalue weighted by molar-refractivity contribution is -0.143. The Morgan fingerprint density at radius 3 is 2.64 bits per heavy atom. The summed E-state index contributed by atoms with van der Waals surface area (Å²) in [6.45, 7) is 0.334. The summed E-state index contributed by atoms with van der Waals surface area (Å²) in [6, 6.07) is 4.01. The highest BCUT2D eigenvalue weighted by Gasteiger charge is 2.35. The summed E-state index contributed by atoms with van der Waals surface area (Å²) < 4.78 is 39.2. The predicted molar refractivity (Wildman–Crippen MR) is 85.3 cm³/mol. The molecule has 25 heavy (non-hydrogen) atoms. The highest BCUT2D eigenvalue weighted by Crippen LogP contribution is 2.34. The predicted octanol–water partition coefficient (Wildman–Crippen LogP) is 3.15. The Bertz CT molecular complexity index is 768. The van der Waals surface area contributed by atoms with Crippen LogP contribution in [0.2, 0.25) is 0 Å². The molecule has 2 aromatic heterocycles. The molecule has 10 heteroatoms. The van der Waals surface area contributed by atoms with Crippen molar-refractivity contribution in [3.05, 3.63) is 28.8 Å². The average Bonchev–Trinajstić information content (AvgIpc) is 3.12. The molecule has 1 amide bonds. The molecule has 0 aliphatic carbocycles. The second-order valence-electron chi connectivity index (χ2n) is 5.31. The number of hydrogen-bond donors (Lipinski definition) is 2. The lowest BCUT2D eigenvalue weighted by atomic mass is 10.2. The zero-order valence-corrected chi connectivity index (χ0v) is 14.1. The molecule has 0 aromatic carbocycles. The van der Waals surface area contributed by atoms with E-state index in [2.05, 4.69) is 10.4 Å². The minimum absolute atomic E-state index is 0.0419. The molecule has 0 unspecified atom stereocenters. The summed E-state index contributed by atoms with van der Waals surface area (Å²) in [4.78, 5) is 23.2. The molecular formula is C15H16F3N3O3S. The van der Waals surface area contributed by atoms with Gasteiger partial charge in [0.25, 0.3) is 5.91 Å². The summed E-state index contributed by atoms with van der Waals surface area (Å²) in [5, 5.41) is 15.0. The number of carboxylic acid groups (broad SMARTS) is 1. The quantitative estimate of drug-likeness (QED) is 0.728. The lowest BCUT2D eigenvalue weighted by Gasteiger charge is -2.04. The second kappa shape index (κ2) is 7.68. The van der Waals surface area contributed by atoms with E-state index in [1.54, 1.807) is 6.07 Å². The molecule has 2 N–H and O–H groups in total. The van der Waals surface area contributed by atoms with Crippen molar-refractivity contribution in [2.45, 2.75) is 25.4 Å². The molecule has 0 radical (unpaired) electrons. The van der Waals surface area contributed by atoms with Gasteiger partial charge in [0, 0.05) is 20.0 Å². The Hall–Kier alpha value is -2.36. The number of alkyl halides is 3. The van der Waals surface area contributed by atoms with Gasteiger partial charge in [-0.1, -0.05) is 0 Å². The molecule has 0 atom stereocenters. The minimum Gasteiger partial charge on any atom is -0.481 e. The monoisotopic (exact) mass is 375 g/mol. The molecule has 0 saturated carbocycles. The van der Waals surface area contributed by atoms with Crippen LogP contribution in [-0.2, 0) is 18.0 Å². The Balaban J connectivity index is 1.98. The van der Waals surface area contributed by atoms with E-state index in [-0.39, 0.29) is 18.0 Å². The second-order valence-corrected chi connectivity index (χ2v) is 6.39. The zero-order valence-electron chi connectivity index (χ0n) is 13.3. The Labute approximate surface area is 145 Å². The summed E-state index contributed by atoms with van der Waals surface area (Å²) in [6.07, 6.45) is -3.46. The molecule has 2 aromatic rings. The first kappa shape index (κ1) is 19.0. The SMILES string of the molecule is Cn1nc(-c2ccc(C(=O)NCCCCC(=O)O)s2)cc1C(F)(F)F. The highest BCUT2D eigenvalue weighted by molar-refractivity contribution is 7.17. The molecule has 0 spiro atoms. The standard InChI is InChI=1S/C15H16F3N3O3S/c1-21-12(15(16,17)18)8-9(20-21)10-5-6-11(25-10)14(24)19-7-3-2-4-13(22)23/h5-6,8H,2-4,7H2,1H3,(H,19,24)(H,22,23). The van der Waals surface area contributed by atoms with E-state index >= 15 is 0 Å². The fraction of sp³-hybridized carbons (Fsp3) is 0.400. The van der Waals surface area contributed by atoms with Gasteiger partial charge in [0.1, 0.15) is 11.4 Å². The number of aryl methyl sites for hydroxylation is 1. The average molecular weight is 375 g/mol. The van der Waals surface area contributed by atoms with E-state index in [4.69, 9.17) is 5.11 Å². The van der Waals surface area contributed by atoms with E-state index in [1.807, 2.05) is 0 Å². The molecule has 6 nitrogen and oxygen atoms in total. The van der Waals surface area contributed by atoms with Gasteiger partial charge in [0.05, 0.1) is 9.75 Å². The number of carbonyl (C=O) groups excluding carboxylic acids is 1. The number of hydrogen-bond acceptors (Lipinski definition) is 4. The number of nitrogens with one attached hydrogen (secondary N) is 1. The van der Waals surface area contributed by atoms with Crippen molar-refractivity contribution in [2.75, 3.05) is 6.54 Å². The van der Waals surface area contributed by atoms with Gasteiger partial charge in [-0.25, -0.2) is 0 Å². The van der Waals surface area contributed by atoms with E-state index in [0.717, 1.165) is 22.1 Å². The Morgan fingerprint density at radius 2 is 2.04 bits per heavy atom. The molecule has 136 valence electrons. The first-order valence-electron chi connectivity index (χ1n) is 7.40. The molecule has 0 fully saturated rings. The summed E-state index contributed by atoms with van der Waals surface area (Å²) in [5.41, 5.74) is -0.708. The lowest BCUT2D eigenvalue weighted by Crippen LogP contribution is -2.23. The zero-order chi connectivity index (χ0) is 18.6. The first-order chi connectivity index (χ1) is 11.7. The number of aromatic nitrogens is 2. The van der Waals surface area contributed by atoms with Crippen LogP contribution < -0.4 is 5.32 Å². The maximum absolute atomic E-state index is 12.8. The number of amides is 1. The number of halogens is 3. The van der Waals surface area contributed by atoms with Crippen LogP contribution in [0.4, 0.5) is 13.2 Å². The fourth-order valence-electron chi connectivity index (χ4n) is 2.14. The number of carboxylic acids is 1. The van der Waals surface area contributed by atoms with Crippen LogP contribution >= 0.6 is 11.3 Å². The summed E-state index contributed by atoms with van der Waals surface area (Å²) in [7, 11) is 1.21. The fourth-order valence-corrected chi connectivity index (χ4v) is 3.02. The Morgan fingerprint density at radius 1 is 1.32 bits per heavy atom. The van der Waals surface area contributed by atoms with Crippen molar-refractivity contribution in [3.63, 3.8) is 0 Å². The van der Waals surface area contributed by atoms with Crippen LogP contribution in [0.1, 0.15) is 34.6 Å². The third kappa shape index (κ3) is 5.05. The number of rotatable bonds is 7. The summed E-state index contributed by atoms with van der Waals surface area (Å²) in [5.74, 6) is -1.23. The normalized spacial score (nSPS) is 11.5. The third-order valence-corrected chi connectivity index (χ3v) is 4.46. The maximum Gasteiger partial charge on any atom is 0.433 e. The van der Waals surface area contributed by atoms with Crippen molar-refractivity contribution in [3.8, 4) is 10.6 Å². The maximum atomic E-state index is 12.8. The first-order valence-corrected chi connectivity index (χ1v) is 8.21. The van der Waals surface area contributed by atoms with Gasteiger partial charge in [-0.15, -0.1) is 11.3 Å². The van der Waals surface area contributed by atoms with Gasteiger partial charge in [-0.05, 0) is 31.0 Å². The van der Waals surface area contributed by atoms with Crippen LogP contribution in [0.25, 0.3) is 10.6 Å². The van der Waals surface area contributed by atoms with Crippen LogP contribution in [0, 0.1) is 0 Å². The van der Waals surface area contributed by atoms with Crippen LogP contribution in [0.15, 0.2) is 18.2 Å². The highest BCUT2D eigenvalue weighted by atomic mass is 32.1. The van der Waals surface area contributed by atoms with Crippen molar-refractivity contribution in [2.24, 2.45) is 7.05 Å². The van der Waals surface area contributed by atoms with Crippen LogP contribution in [0.3, 0.4) is 0 Å². The van der Waals surface area contributed by atoms with Crippen molar-refractivity contribution in [1.82, 2.24) is 15.1 Å². The molecule has 2 heterocycles. The number of unbranched alkanes of at least 4 members (excludes halogenated alkanes) is 1. The number of aliphatic carboxylic acids is 1. The minimum atomic E-state index is -4.49. The van der Waals surface area contributed by atoms with Crippen LogP contribution in [-0.4, -0.2) is 33.3 Å². The van der Waals surface area contributed by atoms with Gasteiger partial charge in [0.2, 0.25) is 0 Å². The van der Waals surface area contributed by atoms with E-state index in [1.165, 1.54) is 13.1 Å². The molecule has 0 bridgehead atoms. The number of carbonyl (C=O) groups is 2. The van der Waals surface area contributed by atoms with Crippen molar-refractivity contribution >= 4 is 23.2 Å². The van der Waals surface area contributed by atoms with Gasteiger partial charge in [0.15, 0.2) is 0 Å². The molecule has 2 rings (SSSR count). The van der Waals surface area contributed by atoms with E-state index < -0.39 is 17.8 Å². The number of nitrogens with zero attached hydrogens (tertiary/aromatic N) is 2. The van der Waals surface area contributed by atoms with Gasteiger partial charge in [-0.2, -0.15) is 18.3 Å². The molecular weight excluding hydrogens is 359 g/mol. The van der Waals surface area contributed by atoms with Crippen molar-refractivity contribution < 1.29 is 27.9 Å².